The Bertz CT molecular complexity index is 831. The maximum absolute atomic E-state index is 10.5. The van der Waals surface area contributed by atoms with E-state index in [1.54, 1.807) is 7.11 Å². The summed E-state index contributed by atoms with van der Waals surface area (Å²) in [5.41, 5.74) is 1.86. The number of methoxy groups -OCH3 is 1. The van der Waals surface area contributed by atoms with Gasteiger partial charge in [0.05, 0.1) is 19.8 Å². The molecule has 2 N–H and O–H groups in total. The van der Waals surface area contributed by atoms with E-state index in [4.69, 9.17) is 14.2 Å². The highest BCUT2D eigenvalue weighted by molar-refractivity contribution is 14.0. The summed E-state index contributed by atoms with van der Waals surface area (Å²) in [7, 11) is 3.57. The van der Waals surface area contributed by atoms with Crippen molar-refractivity contribution in [2.75, 3.05) is 34.0 Å². The summed E-state index contributed by atoms with van der Waals surface area (Å²) in [6.45, 7) is 3.92. The monoisotopic (exact) mass is 513 g/mol. The van der Waals surface area contributed by atoms with E-state index >= 15 is 0 Å². The van der Waals surface area contributed by atoms with Crippen molar-refractivity contribution in [3.05, 3.63) is 53.6 Å². The topological polar surface area (TPSA) is 75.6 Å². The SMILES string of the molecule is CCNC(=NCC(O)c1cccc(OC)c1)N(C)Cc1ccc2c(c1)OCO2.I. The molecule has 0 fully saturated rings. The van der Waals surface area contributed by atoms with E-state index in [0.29, 0.717) is 12.3 Å². The van der Waals surface area contributed by atoms with Gasteiger partial charge in [-0.1, -0.05) is 18.2 Å². The molecule has 1 aliphatic heterocycles. The molecule has 1 aliphatic rings. The lowest BCUT2D eigenvalue weighted by Crippen LogP contribution is -2.38. The fourth-order valence-corrected chi connectivity index (χ4v) is 2.98. The smallest absolute Gasteiger partial charge is 0.231 e. The third kappa shape index (κ3) is 6.14. The summed E-state index contributed by atoms with van der Waals surface area (Å²) in [5.74, 6) is 2.98. The molecule has 0 amide bonds. The van der Waals surface area contributed by atoms with Crippen molar-refractivity contribution in [1.82, 2.24) is 10.2 Å². The first-order valence-electron chi connectivity index (χ1n) is 9.30. The Balaban J connectivity index is 0.00000300. The van der Waals surface area contributed by atoms with Gasteiger partial charge in [0, 0.05) is 20.1 Å². The predicted molar refractivity (Wildman–Crippen MR) is 123 cm³/mol. The number of benzene rings is 2. The van der Waals surface area contributed by atoms with Gasteiger partial charge in [-0.2, -0.15) is 0 Å². The largest absolute Gasteiger partial charge is 0.497 e. The first-order chi connectivity index (χ1) is 13.6. The van der Waals surface area contributed by atoms with E-state index in [9.17, 15) is 5.11 Å². The van der Waals surface area contributed by atoms with Gasteiger partial charge >= 0.3 is 0 Å². The zero-order valence-corrected chi connectivity index (χ0v) is 19.3. The lowest BCUT2D eigenvalue weighted by Gasteiger charge is -2.23. The number of aliphatic hydroxyl groups is 1. The van der Waals surface area contributed by atoms with E-state index in [2.05, 4.69) is 10.3 Å². The number of halogens is 1. The second-order valence-electron chi connectivity index (χ2n) is 6.53. The van der Waals surface area contributed by atoms with Gasteiger partial charge in [0.1, 0.15) is 5.75 Å². The number of ether oxygens (including phenoxy) is 3. The fraction of sp³-hybridized carbons (Fsp3) is 0.381. The highest BCUT2D eigenvalue weighted by atomic mass is 127. The van der Waals surface area contributed by atoms with E-state index in [1.807, 2.05) is 61.3 Å². The first kappa shape index (κ1) is 23.1. The van der Waals surface area contributed by atoms with Gasteiger partial charge in [0.25, 0.3) is 0 Å². The molecule has 0 bridgehead atoms. The number of fused-ring (bicyclic) bond motifs is 1. The molecule has 2 aromatic rings. The summed E-state index contributed by atoms with van der Waals surface area (Å²) in [6, 6.07) is 13.3. The van der Waals surface area contributed by atoms with E-state index in [1.165, 1.54) is 0 Å². The predicted octanol–water partition coefficient (Wildman–Crippen LogP) is 3.17. The molecular formula is C21H28IN3O4. The summed E-state index contributed by atoms with van der Waals surface area (Å²) < 4.78 is 16.0. The minimum atomic E-state index is -0.706. The molecule has 1 atom stereocenters. The quantitative estimate of drug-likeness (QED) is 0.337. The maximum atomic E-state index is 10.5. The van der Waals surface area contributed by atoms with Crippen LogP contribution >= 0.6 is 24.0 Å². The van der Waals surface area contributed by atoms with Crippen LogP contribution in [0.3, 0.4) is 0 Å². The Hall–Kier alpha value is -2.20. The highest BCUT2D eigenvalue weighted by Gasteiger charge is 2.15. The van der Waals surface area contributed by atoms with E-state index in [0.717, 1.165) is 35.1 Å². The van der Waals surface area contributed by atoms with Crippen LogP contribution in [0.2, 0.25) is 0 Å². The van der Waals surface area contributed by atoms with Crippen LogP contribution in [0.15, 0.2) is 47.5 Å². The number of hydrogen-bond acceptors (Lipinski definition) is 5. The molecule has 1 unspecified atom stereocenters. The van der Waals surface area contributed by atoms with Crippen LogP contribution in [-0.4, -0.2) is 50.0 Å². The molecule has 0 spiro atoms. The standard InChI is InChI=1S/C21H27N3O4.HI/c1-4-22-21(23-12-18(25)16-6-5-7-17(11-16)26-3)24(2)13-15-8-9-19-20(10-15)28-14-27-19;/h5-11,18,25H,4,12-14H2,1-3H3,(H,22,23);1H. The molecule has 0 radical (unpaired) electrons. The number of aliphatic imine (C=N–C) groups is 1. The number of rotatable bonds is 7. The molecule has 0 saturated heterocycles. The Morgan fingerprint density at radius 2 is 2.03 bits per heavy atom. The van der Waals surface area contributed by atoms with Gasteiger partial charge in [-0.05, 0) is 42.3 Å². The Kier molecular flexibility index (Phi) is 8.84. The molecule has 3 rings (SSSR count). The van der Waals surface area contributed by atoms with Gasteiger partial charge < -0.3 is 29.5 Å². The van der Waals surface area contributed by atoms with Crippen LogP contribution < -0.4 is 19.5 Å². The lowest BCUT2D eigenvalue weighted by atomic mass is 10.1. The number of nitrogens with zero attached hydrogens (tertiary/aromatic N) is 2. The van der Waals surface area contributed by atoms with Gasteiger partial charge in [-0.25, -0.2) is 0 Å². The number of aliphatic hydroxyl groups excluding tert-OH is 1. The van der Waals surface area contributed by atoms with Crippen molar-refractivity contribution in [3.8, 4) is 17.2 Å². The molecule has 29 heavy (non-hydrogen) atoms. The van der Waals surface area contributed by atoms with Gasteiger partial charge in [0.2, 0.25) is 6.79 Å². The van der Waals surface area contributed by atoms with Crippen LogP contribution in [-0.2, 0) is 6.54 Å². The summed E-state index contributed by atoms with van der Waals surface area (Å²) in [6.07, 6.45) is -0.706. The maximum Gasteiger partial charge on any atom is 0.231 e. The fourth-order valence-electron chi connectivity index (χ4n) is 2.98. The number of guanidine groups is 1. The lowest BCUT2D eigenvalue weighted by molar-refractivity contribution is 0.174. The van der Waals surface area contributed by atoms with Crippen molar-refractivity contribution in [1.29, 1.82) is 0 Å². The normalized spacial score (nSPS) is 13.4. The molecule has 0 aromatic heterocycles. The van der Waals surface area contributed by atoms with Crippen LogP contribution in [0.4, 0.5) is 0 Å². The zero-order chi connectivity index (χ0) is 19.9. The van der Waals surface area contributed by atoms with Crippen molar-refractivity contribution in [2.45, 2.75) is 19.6 Å². The third-order valence-electron chi connectivity index (χ3n) is 4.45. The van der Waals surface area contributed by atoms with Crippen LogP contribution in [0.5, 0.6) is 17.2 Å². The minimum Gasteiger partial charge on any atom is -0.497 e. The number of hydrogen-bond donors (Lipinski definition) is 2. The minimum absolute atomic E-state index is 0. The van der Waals surface area contributed by atoms with Crippen molar-refractivity contribution >= 4 is 29.9 Å². The molecule has 0 aliphatic carbocycles. The second-order valence-corrected chi connectivity index (χ2v) is 6.53. The van der Waals surface area contributed by atoms with E-state index < -0.39 is 6.10 Å². The number of nitrogens with one attached hydrogen (secondary N) is 1. The summed E-state index contributed by atoms with van der Waals surface area (Å²) in [5, 5.41) is 13.8. The average Bonchev–Trinajstić information content (AvgIpc) is 3.18. The molecule has 1 heterocycles. The highest BCUT2D eigenvalue weighted by Crippen LogP contribution is 2.32. The third-order valence-corrected chi connectivity index (χ3v) is 4.45. The molecule has 2 aromatic carbocycles. The molecule has 0 saturated carbocycles. The molecule has 7 nitrogen and oxygen atoms in total. The molecular weight excluding hydrogens is 485 g/mol. The van der Waals surface area contributed by atoms with Gasteiger partial charge in [0.15, 0.2) is 17.5 Å². The van der Waals surface area contributed by atoms with Gasteiger partial charge in [-0.15, -0.1) is 24.0 Å². The first-order valence-corrected chi connectivity index (χ1v) is 9.30. The Morgan fingerprint density at radius 3 is 2.79 bits per heavy atom. The Labute approximate surface area is 188 Å². The molecule has 158 valence electrons. The Morgan fingerprint density at radius 1 is 1.24 bits per heavy atom. The van der Waals surface area contributed by atoms with Crippen LogP contribution in [0.25, 0.3) is 0 Å². The average molecular weight is 513 g/mol. The van der Waals surface area contributed by atoms with Crippen molar-refractivity contribution < 1.29 is 19.3 Å². The van der Waals surface area contributed by atoms with E-state index in [-0.39, 0.29) is 37.3 Å². The van der Waals surface area contributed by atoms with Crippen LogP contribution in [0, 0.1) is 0 Å². The van der Waals surface area contributed by atoms with Gasteiger partial charge in [-0.3, -0.25) is 4.99 Å². The van der Waals surface area contributed by atoms with Crippen molar-refractivity contribution in [3.63, 3.8) is 0 Å². The second kappa shape index (κ2) is 11.1. The summed E-state index contributed by atoms with van der Waals surface area (Å²) in [4.78, 5) is 6.61. The van der Waals surface area contributed by atoms with Crippen molar-refractivity contribution in [2.24, 2.45) is 4.99 Å². The summed E-state index contributed by atoms with van der Waals surface area (Å²) >= 11 is 0. The molecule has 8 heteroatoms. The van der Waals surface area contributed by atoms with Crippen LogP contribution in [0.1, 0.15) is 24.2 Å². The zero-order valence-electron chi connectivity index (χ0n) is 16.9.